The number of nitro groups is 1. The second-order valence-corrected chi connectivity index (χ2v) is 3.30. The number of hydrogen-bond acceptors (Lipinski definition) is 5. The van der Waals surface area contributed by atoms with E-state index in [-0.39, 0.29) is 11.9 Å². The predicted molar refractivity (Wildman–Crippen MR) is 51.1 cm³/mol. The molecular formula is C8H10N4O2. The molecule has 0 saturated carbocycles. The van der Waals surface area contributed by atoms with E-state index in [4.69, 9.17) is 5.73 Å². The Hall–Kier alpha value is -1.69. The van der Waals surface area contributed by atoms with Gasteiger partial charge in [0.05, 0.1) is 5.69 Å². The Bertz CT molecular complexity index is 345. The smallest absolute Gasteiger partial charge is 0.363 e. The van der Waals surface area contributed by atoms with Gasteiger partial charge >= 0.3 is 5.82 Å². The van der Waals surface area contributed by atoms with Gasteiger partial charge in [-0.1, -0.05) is 0 Å². The first-order valence-corrected chi connectivity index (χ1v) is 4.28. The van der Waals surface area contributed by atoms with Crippen molar-refractivity contribution in [2.24, 2.45) is 5.73 Å². The fourth-order valence-electron chi connectivity index (χ4n) is 1.40. The summed E-state index contributed by atoms with van der Waals surface area (Å²) in [4.78, 5) is 15.6. The number of pyridine rings is 1. The highest BCUT2D eigenvalue weighted by atomic mass is 16.6. The summed E-state index contributed by atoms with van der Waals surface area (Å²) in [7, 11) is 0. The highest BCUT2D eigenvalue weighted by Gasteiger charge is 2.24. The molecule has 6 nitrogen and oxygen atoms in total. The van der Waals surface area contributed by atoms with E-state index in [2.05, 4.69) is 4.98 Å². The maximum atomic E-state index is 10.3. The normalized spacial score (nSPS) is 16.5. The first-order chi connectivity index (χ1) is 6.66. The highest BCUT2D eigenvalue weighted by Crippen LogP contribution is 2.20. The summed E-state index contributed by atoms with van der Waals surface area (Å²) in [6.45, 7) is 1.58. The Labute approximate surface area is 80.5 Å². The van der Waals surface area contributed by atoms with Gasteiger partial charge in [0.1, 0.15) is 0 Å². The first kappa shape index (κ1) is 8.89. The van der Waals surface area contributed by atoms with Crippen LogP contribution in [-0.4, -0.2) is 29.0 Å². The van der Waals surface area contributed by atoms with Crippen LogP contribution in [0.5, 0.6) is 0 Å². The van der Waals surface area contributed by atoms with E-state index in [1.54, 1.807) is 6.07 Å². The average Bonchev–Trinajstić information content (AvgIpc) is 2.13. The molecule has 1 aromatic rings. The van der Waals surface area contributed by atoms with Crippen LogP contribution in [0.3, 0.4) is 0 Å². The number of nitrogens with zero attached hydrogens (tertiary/aromatic N) is 3. The molecule has 14 heavy (non-hydrogen) atoms. The highest BCUT2D eigenvalue weighted by molar-refractivity contribution is 5.49. The summed E-state index contributed by atoms with van der Waals surface area (Å²) >= 11 is 0. The lowest BCUT2D eigenvalue weighted by Crippen LogP contribution is -2.55. The molecular weight excluding hydrogens is 184 g/mol. The molecule has 2 rings (SSSR count). The lowest BCUT2D eigenvalue weighted by atomic mass is 10.1. The molecule has 2 heterocycles. The average molecular weight is 194 g/mol. The van der Waals surface area contributed by atoms with Crippen LogP contribution >= 0.6 is 0 Å². The molecule has 0 aromatic carbocycles. The minimum absolute atomic E-state index is 0.126. The van der Waals surface area contributed by atoms with Crippen LogP contribution in [-0.2, 0) is 0 Å². The topological polar surface area (TPSA) is 85.3 Å². The third-order valence-electron chi connectivity index (χ3n) is 2.19. The van der Waals surface area contributed by atoms with Crippen LogP contribution in [0.1, 0.15) is 0 Å². The van der Waals surface area contributed by atoms with Crippen molar-refractivity contribution in [2.75, 3.05) is 18.0 Å². The molecule has 0 unspecified atom stereocenters. The number of aromatic nitrogens is 1. The van der Waals surface area contributed by atoms with Crippen LogP contribution in [0.25, 0.3) is 0 Å². The lowest BCUT2D eigenvalue weighted by Gasteiger charge is -2.37. The van der Waals surface area contributed by atoms with Gasteiger partial charge in [0.25, 0.3) is 0 Å². The minimum atomic E-state index is -0.508. The van der Waals surface area contributed by atoms with Crippen LogP contribution in [0.15, 0.2) is 18.3 Å². The molecule has 74 valence electrons. The van der Waals surface area contributed by atoms with Gasteiger partial charge in [0, 0.05) is 25.2 Å². The van der Waals surface area contributed by atoms with Gasteiger partial charge in [0.2, 0.25) is 0 Å². The molecule has 1 aliphatic heterocycles. The van der Waals surface area contributed by atoms with Gasteiger partial charge in [-0.25, -0.2) is 0 Å². The maximum Gasteiger partial charge on any atom is 0.363 e. The van der Waals surface area contributed by atoms with E-state index in [0.717, 1.165) is 18.8 Å². The number of nitrogens with two attached hydrogens (primary N) is 1. The Morgan fingerprint density at radius 2 is 2.29 bits per heavy atom. The molecule has 1 aliphatic rings. The van der Waals surface area contributed by atoms with E-state index in [0.29, 0.717) is 0 Å². The molecule has 0 spiro atoms. The summed E-state index contributed by atoms with van der Waals surface area (Å²) in [6.07, 6.45) is 1.50. The van der Waals surface area contributed by atoms with E-state index < -0.39 is 4.92 Å². The standard InChI is InChI=1S/C8H10N4O2/c9-6-4-11(5-6)7-1-2-8(10-3-7)12(13)14/h1-3,6H,4-5,9H2. The van der Waals surface area contributed by atoms with Crippen molar-refractivity contribution >= 4 is 11.5 Å². The van der Waals surface area contributed by atoms with Crippen molar-refractivity contribution < 1.29 is 4.92 Å². The Balaban J connectivity index is 2.10. The molecule has 6 heteroatoms. The summed E-state index contributed by atoms with van der Waals surface area (Å²) in [5, 5.41) is 10.3. The summed E-state index contributed by atoms with van der Waals surface area (Å²) < 4.78 is 0. The van der Waals surface area contributed by atoms with Gasteiger partial charge in [-0.05, 0) is 16.0 Å². The van der Waals surface area contributed by atoms with Gasteiger partial charge in [-0.3, -0.25) is 0 Å². The van der Waals surface area contributed by atoms with Gasteiger partial charge in [0.15, 0.2) is 6.20 Å². The quantitative estimate of drug-likeness (QED) is 0.534. The lowest BCUT2D eigenvalue weighted by molar-refractivity contribution is -0.389. The van der Waals surface area contributed by atoms with E-state index in [9.17, 15) is 10.1 Å². The van der Waals surface area contributed by atoms with Crippen molar-refractivity contribution in [1.29, 1.82) is 0 Å². The van der Waals surface area contributed by atoms with E-state index >= 15 is 0 Å². The summed E-state index contributed by atoms with van der Waals surface area (Å²) in [5.41, 5.74) is 6.50. The fourth-order valence-corrected chi connectivity index (χ4v) is 1.40. The van der Waals surface area contributed by atoms with Crippen LogP contribution in [0.4, 0.5) is 11.5 Å². The van der Waals surface area contributed by atoms with Gasteiger partial charge < -0.3 is 20.7 Å². The van der Waals surface area contributed by atoms with E-state index in [1.165, 1.54) is 12.3 Å². The van der Waals surface area contributed by atoms with Crippen LogP contribution < -0.4 is 10.6 Å². The molecule has 0 radical (unpaired) electrons. The zero-order valence-corrected chi connectivity index (χ0v) is 7.46. The molecule has 2 N–H and O–H groups in total. The van der Waals surface area contributed by atoms with Crippen molar-refractivity contribution in [3.8, 4) is 0 Å². The number of rotatable bonds is 2. The fraction of sp³-hybridized carbons (Fsp3) is 0.375. The Kier molecular flexibility index (Phi) is 2.05. The molecule has 0 amide bonds. The minimum Gasteiger partial charge on any atom is -0.365 e. The molecule has 0 aliphatic carbocycles. The number of anilines is 1. The Morgan fingerprint density at radius 3 is 2.71 bits per heavy atom. The van der Waals surface area contributed by atoms with Crippen molar-refractivity contribution in [1.82, 2.24) is 4.98 Å². The van der Waals surface area contributed by atoms with Crippen molar-refractivity contribution in [3.05, 3.63) is 28.4 Å². The second kappa shape index (κ2) is 3.22. The van der Waals surface area contributed by atoms with Crippen molar-refractivity contribution in [3.63, 3.8) is 0 Å². The zero-order chi connectivity index (χ0) is 10.1. The number of hydrogen-bond donors (Lipinski definition) is 1. The van der Waals surface area contributed by atoms with Gasteiger partial charge in [-0.2, -0.15) is 0 Å². The molecule has 1 aromatic heterocycles. The Morgan fingerprint density at radius 1 is 1.57 bits per heavy atom. The van der Waals surface area contributed by atoms with Crippen molar-refractivity contribution in [2.45, 2.75) is 6.04 Å². The molecule has 1 fully saturated rings. The van der Waals surface area contributed by atoms with Gasteiger partial charge in [-0.15, -0.1) is 0 Å². The monoisotopic (exact) mass is 194 g/mol. The molecule has 0 bridgehead atoms. The molecule has 1 saturated heterocycles. The third kappa shape index (κ3) is 1.51. The maximum absolute atomic E-state index is 10.3. The second-order valence-electron chi connectivity index (χ2n) is 3.30. The van der Waals surface area contributed by atoms with Crippen LogP contribution in [0, 0.1) is 10.1 Å². The summed E-state index contributed by atoms with van der Waals surface area (Å²) in [6, 6.07) is 3.31. The molecule has 0 atom stereocenters. The van der Waals surface area contributed by atoms with Crippen LogP contribution in [0.2, 0.25) is 0 Å². The largest absolute Gasteiger partial charge is 0.365 e. The third-order valence-corrected chi connectivity index (χ3v) is 2.19. The SMILES string of the molecule is NC1CN(c2ccc([N+](=O)[O-])nc2)C1. The predicted octanol–water partition coefficient (Wildman–Crippen LogP) is 0.137. The summed E-state index contributed by atoms with van der Waals surface area (Å²) in [5.74, 6) is -0.126. The van der Waals surface area contributed by atoms with E-state index in [1.807, 2.05) is 4.90 Å². The first-order valence-electron chi connectivity index (χ1n) is 4.28. The zero-order valence-electron chi connectivity index (χ0n) is 7.46.